The van der Waals surface area contributed by atoms with E-state index in [2.05, 4.69) is 59.9 Å². The first-order valence-corrected chi connectivity index (χ1v) is 10.3. The largest absolute Gasteiger partial charge is 0.380 e. The zero-order chi connectivity index (χ0) is 18.7. The van der Waals surface area contributed by atoms with E-state index in [0.717, 1.165) is 25.0 Å². The first-order chi connectivity index (χ1) is 11.3. The van der Waals surface area contributed by atoms with Crippen LogP contribution in [-0.2, 0) is 4.74 Å². The van der Waals surface area contributed by atoms with Crippen LogP contribution in [0.4, 0.5) is 0 Å². The standard InChI is InChI=1S/C13H23N.C10H18O/c1-10(2)14-8-13(9-14)6-11(7-13)12(3,4)5;1-9(2,3)8-4-10(5-8)6-11-7-10/h11H,1,6-9H2,2-5H3;8H,4-7H2,1-3H3. The Morgan fingerprint density at radius 3 is 1.52 bits per heavy atom. The summed E-state index contributed by atoms with van der Waals surface area (Å²) >= 11 is 0. The number of allylic oxidation sites excluding steroid dienone is 1. The van der Waals surface area contributed by atoms with E-state index in [0.29, 0.717) is 21.7 Å². The number of hydrogen-bond donors (Lipinski definition) is 0. The number of hydrogen-bond acceptors (Lipinski definition) is 2. The van der Waals surface area contributed by atoms with Crippen molar-refractivity contribution < 1.29 is 4.74 Å². The molecule has 25 heavy (non-hydrogen) atoms. The monoisotopic (exact) mass is 347 g/mol. The van der Waals surface area contributed by atoms with E-state index < -0.39 is 0 Å². The SMILES string of the molecule is C=C(C)N1CC2(CC(C(C)(C)C)C2)C1.CC(C)(C)C1CC2(COC2)C1. The Kier molecular flexibility index (Phi) is 4.63. The summed E-state index contributed by atoms with van der Waals surface area (Å²) in [5, 5.41) is 0. The average molecular weight is 348 g/mol. The van der Waals surface area contributed by atoms with Crippen molar-refractivity contribution in [1.29, 1.82) is 0 Å². The molecule has 2 aliphatic heterocycles. The van der Waals surface area contributed by atoms with Gasteiger partial charge in [0.2, 0.25) is 0 Å². The van der Waals surface area contributed by atoms with E-state index in [9.17, 15) is 0 Å². The predicted octanol–water partition coefficient (Wildman–Crippen LogP) is 5.74. The molecule has 144 valence electrons. The Morgan fingerprint density at radius 2 is 1.24 bits per heavy atom. The summed E-state index contributed by atoms with van der Waals surface area (Å²) in [6.45, 7) is 24.9. The molecule has 0 aromatic heterocycles. The number of ether oxygens (including phenoxy) is 1. The van der Waals surface area contributed by atoms with E-state index >= 15 is 0 Å². The molecule has 2 heteroatoms. The first-order valence-electron chi connectivity index (χ1n) is 10.3. The van der Waals surface area contributed by atoms with Gasteiger partial charge in [-0.25, -0.2) is 0 Å². The number of nitrogens with zero attached hydrogens (tertiary/aromatic N) is 1. The second-order valence-corrected chi connectivity index (χ2v) is 12.0. The molecule has 0 N–H and O–H groups in total. The van der Waals surface area contributed by atoms with Crippen molar-refractivity contribution in [2.45, 2.75) is 74.1 Å². The lowest BCUT2D eigenvalue weighted by atomic mass is 9.52. The Labute approximate surface area is 156 Å². The van der Waals surface area contributed by atoms with Gasteiger partial charge in [-0.3, -0.25) is 0 Å². The molecular weight excluding hydrogens is 306 g/mol. The molecule has 2 saturated carbocycles. The second kappa shape index (κ2) is 6.01. The predicted molar refractivity (Wildman–Crippen MR) is 106 cm³/mol. The van der Waals surface area contributed by atoms with Crippen LogP contribution in [0.1, 0.15) is 74.1 Å². The maximum Gasteiger partial charge on any atom is 0.0545 e. The second-order valence-electron chi connectivity index (χ2n) is 12.0. The van der Waals surface area contributed by atoms with E-state index in [1.165, 1.54) is 44.5 Å². The molecule has 2 heterocycles. The minimum absolute atomic E-state index is 0.523. The Morgan fingerprint density at radius 1 is 0.840 bits per heavy atom. The van der Waals surface area contributed by atoms with Crippen molar-refractivity contribution in [3.05, 3.63) is 12.3 Å². The minimum atomic E-state index is 0.523. The van der Waals surface area contributed by atoms with E-state index in [4.69, 9.17) is 4.74 Å². The number of likely N-dealkylation sites (tertiary alicyclic amines) is 1. The minimum Gasteiger partial charge on any atom is -0.380 e. The average Bonchev–Trinajstić information content (AvgIpc) is 2.16. The maximum absolute atomic E-state index is 5.24. The van der Waals surface area contributed by atoms with Gasteiger partial charge in [0.05, 0.1) is 13.2 Å². The third kappa shape index (κ3) is 3.80. The van der Waals surface area contributed by atoms with E-state index in [1.807, 2.05) is 0 Å². The van der Waals surface area contributed by atoms with Crippen LogP contribution in [0.5, 0.6) is 0 Å². The molecule has 0 radical (unpaired) electrons. The van der Waals surface area contributed by atoms with Gasteiger partial charge in [-0.15, -0.1) is 0 Å². The highest BCUT2D eigenvalue weighted by Crippen LogP contribution is 2.58. The summed E-state index contributed by atoms with van der Waals surface area (Å²) in [7, 11) is 0. The molecule has 0 amide bonds. The van der Waals surface area contributed by atoms with Crippen LogP contribution in [0.15, 0.2) is 12.3 Å². The molecule has 0 atom stereocenters. The highest BCUT2D eigenvalue weighted by atomic mass is 16.5. The van der Waals surface area contributed by atoms with Crippen molar-refractivity contribution in [1.82, 2.24) is 4.90 Å². The Balaban J connectivity index is 0.000000150. The van der Waals surface area contributed by atoms with Crippen LogP contribution in [0, 0.1) is 33.5 Å². The smallest absolute Gasteiger partial charge is 0.0545 e. The topological polar surface area (TPSA) is 12.5 Å². The van der Waals surface area contributed by atoms with Crippen LogP contribution >= 0.6 is 0 Å². The maximum atomic E-state index is 5.24. The Hall–Kier alpha value is -0.500. The lowest BCUT2D eigenvalue weighted by molar-refractivity contribution is -0.195. The van der Waals surface area contributed by atoms with Gasteiger partial charge in [0, 0.05) is 29.6 Å². The van der Waals surface area contributed by atoms with E-state index in [-0.39, 0.29) is 0 Å². The van der Waals surface area contributed by atoms with Crippen molar-refractivity contribution >= 4 is 0 Å². The summed E-state index contributed by atoms with van der Waals surface area (Å²) in [6, 6.07) is 0. The van der Waals surface area contributed by atoms with Gasteiger partial charge in [-0.2, -0.15) is 0 Å². The molecule has 2 nitrogen and oxygen atoms in total. The third-order valence-corrected chi connectivity index (χ3v) is 7.58. The zero-order valence-electron chi connectivity index (χ0n) is 17.9. The molecule has 4 rings (SSSR count). The van der Waals surface area contributed by atoms with Crippen LogP contribution in [0.3, 0.4) is 0 Å². The highest BCUT2D eigenvalue weighted by molar-refractivity contribution is 5.11. The van der Waals surface area contributed by atoms with Crippen molar-refractivity contribution in [3.8, 4) is 0 Å². The molecule has 0 aromatic carbocycles. The quantitative estimate of drug-likeness (QED) is 0.600. The van der Waals surface area contributed by atoms with Crippen LogP contribution in [-0.4, -0.2) is 31.2 Å². The Bertz CT molecular complexity index is 495. The molecule has 0 aromatic rings. The molecule has 0 unspecified atom stereocenters. The fourth-order valence-electron chi connectivity index (χ4n) is 5.11. The molecule has 4 fully saturated rings. The molecule has 0 bridgehead atoms. The normalized spacial score (nSPS) is 29.7. The van der Waals surface area contributed by atoms with Gasteiger partial charge >= 0.3 is 0 Å². The van der Waals surface area contributed by atoms with Crippen molar-refractivity contribution in [3.63, 3.8) is 0 Å². The van der Waals surface area contributed by atoms with Gasteiger partial charge in [0.1, 0.15) is 0 Å². The molecular formula is C23H41NO. The summed E-state index contributed by atoms with van der Waals surface area (Å²) in [4.78, 5) is 2.42. The van der Waals surface area contributed by atoms with Gasteiger partial charge in [0.15, 0.2) is 0 Å². The first kappa shape index (κ1) is 19.3. The van der Waals surface area contributed by atoms with Crippen molar-refractivity contribution in [2.24, 2.45) is 33.5 Å². The molecule has 2 spiro atoms. The van der Waals surface area contributed by atoms with Crippen LogP contribution in [0.25, 0.3) is 0 Å². The summed E-state index contributed by atoms with van der Waals surface area (Å²) in [5.74, 6) is 1.90. The number of rotatable bonds is 1. The molecule has 4 aliphatic rings. The van der Waals surface area contributed by atoms with Crippen LogP contribution in [0.2, 0.25) is 0 Å². The van der Waals surface area contributed by atoms with E-state index in [1.54, 1.807) is 0 Å². The van der Waals surface area contributed by atoms with Gasteiger partial charge in [0.25, 0.3) is 0 Å². The lowest BCUT2D eigenvalue weighted by Gasteiger charge is -2.62. The zero-order valence-corrected chi connectivity index (χ0v) is 17.9. The summed E-state index contributed by atoms with van der Waals surface area (Å²) in [5.41, 5.74) is 3.64. The lowest BCUT2D eigenvalue weighted by Crippen LogP contribution is -2.62. The molecule has 2 saturated heterocycles. The van der Waals surface area contributed by atoms with Gasteiger partial charge < -0.3 is 9.64 Å². The van der Waals surface area contributed by atoms with Gasteiger partial charge in [-0.05, 0) is 55.3 Å². The fourth-order valence-corrected chi connectivity index (χ4v) is 5.11. The fraction of sp³-hybridized carbons (Fsp3) is 0.913. The van der Waals surface area contributed by atoms with Crippen molar-refractivity contribution in [2.75, 3.05) is 26.3 Å². The summed E-state index contributed by atoms with van der Waals surface area (Å²) < 4.78 is 5.24. The van der Waals surface area contributed by atoms with Gasteiger partial charge in [-0.1, -0.05) is 48.1 Å². The highest BCUT2D eigenvalue weighted by Gasteiger charge is 2.54. The third-order valence-electron chi connectivity index (χ3n) is 7.58. The molecule has 2 aliphatic carbocycles. The summed E-state index contributed by atoms with van der Waals surface area (Å²) in [6.07, 6.45) is 5.72. The van der Waals surface area contributed by atoms with Crippen LogP contribution < -0.4 is 0 Å².